The zero-order chi connectivity index (χ0) is 11.4. The first-order valence-corrected chi connectivity index (χ1v) is 5.32. The molecule has 0 amide bonds. The fourth-order valence-corrected chi connectivity index (χ4v) is 1.97. The molecule has 1 heterocycles. The van der Waals surface area contributed by atoms with Crippen LogP contribution in [0.1, 0.15) is 35.9 Å². The molecule has 0 spiro atoms. The van der Waals surface area contributed by atoms with Crippen molar-refractivity contribution in [1.29, 1.82) is 5.26 Å². The number of nitrogens with zero attached hydrogens (tertiary/aromatic N) is 1. The van der Waals surface area contributed by atoms with Gasteiger partial charge in [-0.15, -0.1) is 0 Å². The number of aliphatic hydroxyl groups excluding tert-OH is 1. The third-order valence-corrected chi connectivity index (χ3v) is 2.80. The summed E-state index contributed by atoms with van der Waals surface area (Å²) in [5, 5.41) is 18.2. The van der Waals surface area contributed by atoms with E-state index in [1.165, 1.54) is 0 Å². The maximum atomic E-state index is 9.24. The molecule has 15 heavy (non-hydrogen) atoms. The molecule has 4 heteroatoms. The molecule has 0 unspecified atom stereocenters. The monoisotopic (exact) mass is 222 g/mol. The Hall–Kier alpha value is -1.18. The van der Waals surface area contributed by atoms with E-state index in [1.807, 2.05) is 6.92 Å². The first kappa shape index (κ1) is 11.9. The molecule has 3 nitrogen and oxygen atoms in total. The molecular formula is C11H14N2OS. The topological polar surface area (TPSA) is 59.8 Å². The van der Waals surface area contributed by atoms with Gasteiger partial charge in [0.25, 0.3) is 0 Å². The Morgan fingerprint density at radius 3 is 2.67 bits per heavy atom. The zero-order valence-corrected chi connectivity index (χ0v) is 9.74. The molecule has 0 atom stereocenters. The van der Waals surface area contributed by atoms with Gasteiger partial charge in [0.2, 0.25) is 0 Å². The van der Waals surface area contributed by atoms with Crippen LogP contribution in [0.25, 0.3) is 0 Å². The van der Waals surface area contributed by atoms with Crippen LogP contribution in [-0.2, 0) is 13.0 Å². The average molecular weight is 222 g/mol. The molecule has 2 N–H and O–H groups in total. The summed E-state index contributed by atoms with van der Waals surface area (Å²) in [7, 11) is 0. The highest BCUT2D eigenvalue weighted by Gasteiger charge is 2.10. The predicted octanol–water partition coefficient (Wildman–Crippen LogP) is 2.37. The van der Waals surface area contributed by atoms with E-state index in [-0.39, 0.29) is 6.61 Å². The van der Waals surface area contributed by atoms with Gasteiger partial charge in [0.05, 0.1) is 16.7 Å². The first-order valence-electron chi connectivity index (χ1n) is 4.91. The molecule has 1 rings (SSSR count). The van der Waals surface area contributed by atoms with Crippen LogP contribution in [0, 0.1) is 22.8 Å². The van der Waals surface area contributed by atoms with Crippen LogP contribution in [0.5, 0.6) is 0 Å². The van der Waals surface area contributed by atoms with E-state index in [1.54, 1.807) is 0 Å². The van der Waals surface area contributed by atoms with Crippen molar-refractivity contribution in [3.05, 3.63) is 27.0 Å². The van der Waals surface area contributed by atoms with Gasteiger partial charge in [0.15, 0.2) is 0 Å². The minimum Gasteiger partial charge on any atom is -0.392 e. The van der Waals surface area contributed by atoms with Gasteiger partial charge in [-0.05, 0) is 13.3 Å². The summed E-state index contributed by atoms with van der Waals surface area (Å²) in [5.41, 5.74) is 2.88. The lowest BCUT2D eigenvalue weighted by Gasteiger charge is -2.10. The van der Waals surface area contributed by atoms with E-state index in [2.05, 4.69) is 18.0 Å². The van der Waals surface area contributed by atoms with Crippen LogP contribution in [0.2, 0.25) is 0 Å². The standard InChI is InChI=1S/C11H14N2OS/c1-3-4-10-9(6-14)11(15)8(5-12)7(2)13-10/h14H,3-4,6H2,1-2H3,(H,13,15). The van der Waals surface area contributed by atoms with E-state index in [0.717, 1.165) is 24.2 Å². The number of hydrogen-bond acceptors (Lipinski definition) is 3. The number of pyridine rings is 1. The lowest BCUT2D eigenvalue weighted by atomic mass is 10.1. The third-order valence-electron chi connectivity index (χ3n) is 2.35. The van der Waals surface area contributed by atoms with Crippen molar-refractivity contribution in [2.45, 2.75) is 33.3 Å². The highest BCUT2D eigenvalue weighted by atomic mass is 32.1. The minimum atomic E-state index is -0.111. The number of aromatic amines is 1. The Kier molecular flexibility index (Phi) is 4.01. The van der Waals surface area contributed by atoms with E-state index >= 15 is 0 Å². The maximum absolute atomic E-state index is 9.24. The normalized spacial score (nSPS) is 10.0. The van der Waals surface area contributed by atoms with Crippen LogP contribution in [-0.4, -0.2) is 10.1 Å². The van der Waals surface area contributed by atoms with Gasteiger partial charge in [0, 0.05) is 17.0 Å². The first-order chi connectivity index (χ1) is 7.15. The van der Waals surface area contributed by atoms with Gasteiger partial charge >= 0.3 is 0 Å². The molecule has 0 saturated heterocycles. The SMILES string of the molecule is CCCc1[nH]c(C)c(C#N)c(=S)c1CO. The van der Waals surface area contributed by atoms with E-state index in [4.69, 9.17) is 17.5 Å². The second kappa shape index (κ2) is 5.06. The number of H-pyrrole nitrogens is 1. The molecule has 0 fully saturated rings. The molecule has 0 aliphatic heterocycles. The Labute approximate surface area is 94.4 Å². The second-order valence-corrected chi connectivity index (χ2v) is 3.84. The number of aromatic nitrogens is 1. The van der Waals surface area contributed by atoms with Crippen LogP contribution in [0.4, 0.5) is 0 Å². The summed E-state index contributed by atoms with van der Waals surface area (Å²) in [4.78, 5) is 3.14. The van der Waals surface area contributed by atoms with E-state index in [0.29, 0.717) is 15.6 Å². The number of nitrogens with one attached hydrogen (secondary N) is 1. The van der Waals surface area contributed by atoms with E-state index < -0.39 is 0 Å². The van der Waals surface area contributed by atoms with Gasteiger partial charge < -0.3 is 10.1 Å². The number of aliphatic hydroxyl groups is 1. The Morgan fingerprint density at radius 1 is 1.53 bits per heavy atom. The molecule has 0 saturated carbocycles. The van der Waals surface area contributed by atoms with Crippen molar-refractivity contribution in [3.63, 3.8) is 0 Å². The number of aryl methyl sites for hydroxylation is 2. The van der Waals surface area contributed by atoms with Crippen molar-refractivity contribution in [2.75, 3.05) is 0 Å². The molecule has 1 aromatic rings. The number of hydrogen-bond donors (Lipinski definition) is 2. The lowest BCUT2D eigenvalue weighted by molar-refractivity contribution is 0.279. The molecule has 0 radical (unpaired) electrons. The van der Waals surface area contributed by atoms with Gasteiger partial charge in [0.1, 0.15) is 6.07 Å². The van der Waals surface area contributed by atoms with Crippen LogP contribution >= 0.6 is 12.2 Å². The summed E-state index contributed by atoms with van der Waals surface area (Å²) < 4.78 is 0.486. The van der Waals surface area contributed by atoms with Crippen molar-refractivity contribution in [3.8, 4) is 6.07 Å². The molecule has 0 aliphatic carbocycles. The zero-order valence-electron chi connectivity index (χ0n) is 8.92. The number of rotatable bonds is 3. The van der Waals surface area contributed by atoms with Crippen LogP contribution in [0.15, 0.2) is 0 Å². The largest absolute Gasteiger partial charge is 0.392 e. The van der Waals surface area contributed by atoms with Crippen molar-refractivity contribution < 1.29 is 5.11 Å². The van der Waals surface area contributed by atoms with Gasteiger partial charge in [-0.3, -0.25) is 0 Å². The Balaban J connectivity index is 3.46. The van der Waals surface area contributed by atoms with Gasteiger partial charge in [-0.1, -0.05) is 25.6 Å². The Bertz CT molecular complexity index is 457. The van der Waals surface area contributed by atoms with Gasteiger partial charge in [-0.2, -0.15) is 5.26 Å². The third kappa shape index (κ3) is 2.25. The summed E-state index contributed by atoms with van der Waals surface area (Å²) in [5.74, 6) is 0. The fourth-order valence-electron chi connectivity index (χ4n) is 1.59. The summed E-state index contributed by atoms with van der Waals surface area (Å²) in [6.45, 7) is 3.78. The Morgan fingerprint density at radius 2 is 2.20 bits per heavy atom. The quantitative estimate of drug-likeness (QED) is 0.772. The van der Waals surface area contributed by atoms with Gasteiger partial charge in [-0.25, -0.2) is 0 Å². The summed E-state index contributed by atoms with van der Waals surface area (Å²) >= 11 is 5.18. The predicted molar refractivity (Wildman–Crippen MR) is 61.0 cm³/mol. The highest BCUT2D eigenvalue weighted by molar-refractivity contribution is 7.71. The smallest absolute Gasteiger partial charge is 0.102 e. The molecule has 80 valence electrons. The van der Waals surface area contributed by atoms with Crippen molar-refractivity contribution in [1.82, 2.24) is 4.98 Å². The highest BCUT2D eigenvalue weighted by Crippen LogP contribution is 2.17. The summed E-state index contributed by atoms with van der Waals surface area (Å²) in [6, 6.07) is 2.06. The molecule has 1 aromatic heterocycles. The van der Waals surface area contributed by atoms with Crippen molar-refractivity contribution in [2.24, 2.45) is 0 Å². The summed E-state index contributed by atoms with van der Waals surface area (Å²) in [6.07, 6.45) is 1.82. The molecule has 0 bridgehead atoms. The van der Waals surface area contributed by atoms with Crippen LogP contribution in [0.3, 0.4) is 0 Å². The van der Waals surface area contributed by atoms with Crippen molar-refractivity contribution >= 4 is 12.2 Å². The molecule has 0 aromatic carbocycles. The second-order valence-electron chi connectivity index (χ2n) is 3.43. The number of nitriles is 1. The maximum Gasteiger partial charge on any atom is 0.102 e. The average Bonchev–Trinajstić information content (AvgIpc) is 2.19. The molecular weight excluding hydrogens is 208 g/mol. The van der Waals surface area contributed by atoms with Crippen LogP contribution < -0.4 is 0 Å². The minimum absolute atomic E-state index is 0.111. The lowest BCUT2D eigenvalue weighted by Crippen LogP contribution is -2.03. The fraction of sp³-hybridized carbons (Fsp3) is 0.455. The van der Waals surface area contributed by atoms with E-state index in [9.17, 15) is 5.11 Å². The molecule has 0 aliphatic rings.